The molecule has 0 aliphatic rings. The Morgan fingerprint density at radius 2 is 2.11 bits per heavy atom. The summed E-state index contributed by atoms with van der Waals surface area (Å²) in [5, 5.41) is 8.47. The molecule has 18 heavy (non-hydrogen) atoms. The number of carboxylic acid groups (broad SMARTS) is 1. The maximum Gasteiger partial charge on any atom is 0.328 e. The van der Waals surface area contributed by atoms with Gasteiger partial charge < -0.3 is 5.11 Å². The summed E-state index contributed by atoms with van der Waals surface area (Å²) in [6, 6.07) is 4.61. The van der Waals surface area contributed by atoms with Crippen molar-refractivity contribution in [3.8, 4) is 0 Å². The molecule has 0 bridgehead atoms. The van der Waals surface area contributed by atoms with Crippen molar-refractivity contribution in [2.75, 3.05) is 18.8 Å². The summed E-state index contributed by atoms with van der Waals surface area (Å²) >= 11 is 0. The largest absolute Gasteiger partial charge is 0.478 e. The Bertz CT molecular complexity index is 566. The monoisotopic (exact) mass is 271 g/mol. The molecule has 0 saturated carbocycles. The predicted octanol–water partition coefficient (Wildman–Crippen LogP) is 0.398. The predicted molar refractivity (Wildman–Crippen MR) is 67.1 cm³/mol. The minimum absolute atomic E-state index is 0.122. The zero-order chi connectivity index (χ0) is 13.8. The summed E-state index contributed by atoms with van der Waals surface area (Å²) in [6.45, 7) is 0. The molecular formula is C10H13N3O4S. The fourth-order valence-electron chi connectivity index (χ4n) is 0.981. The van der Waals surface area contributed by atoms with Crippen molar-refractivity contribution in [3.05, 3.63) is 30.0 Å². The molecule has 1 aromatic rings. The molecule has 0 aliphatic carbocycles. The van der Waals surface area contributed by atoms with Crippen LogP contribution < -0.4 is 4.72 Å². The van der Waals surface area contributed by atoms with Crippen molar-refractivity contribution in [1.82, 2.24) is 9.29 Å². The number of carbonyl (C=O) groups is 1. The molecule has 0 spiro atoms. The van der Waals surface area contributed by atoms with Gasteiger partial charge in [0.1, 0.15) is 5.82 Å². The average molecular weight is 271 g/mol. The average Bonchev–Trinajstić information content (AvgIpc) is 2.26. The molecule has 0 atom stereocenters. The van der Waals surface area contributed by atoms with E-state index in [9.17, 15) is 13.2 Å². The first-order valence-electron chi connectivity index (χ1n) is 4.89. The highest BCUT2D eigenvalue weighted by Crippen LogP contribution is 2.09. The fraction of sp³-hybridized carbons (Fsp3) is 0.200. The van der Waals surface area contributed by atoms with Crippen LogP contribution in [-0.2, 0) is 15.0 Å². The third-order valence-corrected chi connectivity index (χ3v) is 3.31. The Hall–Kier alpha value is -1.93. The summed E-state index contributed by atoms with van der Waals surface area (Å²) < 4.78 is 26.3. The molecule has 2 N–H and O–H groups in total. The number of nitrogens with one attached hydrogen (secondary N) is 1. The van der Waals surface area contributed by atoms with E-state index in [4.69, 9.17) is 5.11 Å². The van der Waals surface area contributed by atoms with Gasteiger partial charge in [-0.15, -0.1) is 0 Å². The van der Waals surface area contributed by atoms with E-state index in [2.05, 4.69) is 9.71 Å². The van der Waals surface area contributed by atoms with E-state index in [1.54, 1.807) is 12.1 Å². The lowest BCUT2D eigenvalue weighted by Crippen LogP contribution is -2.29. The fourth-order valence-corrected chi connectivity index (χ4v) is 1.54. The second kappa shape index (κ2) is 5.61. The highest BCUT2D eigenvalue weighted by Gasteiger charge is 2.13. The third kappa shape index (κ3) is 4.15. The standard InChI is InChI=1S/C10H13N3O4S/c1-13(2)18(16,17)12-9-5-3-4-8(11-9)6-7-10(14)15/h3-7H,1-2H3,(H,11,12)(H,14,15)/b7-6+. The van der Waals surface area contributed by atoms with Crippen LogP contribution in [-0.4, -0.2) is 42.9 Å². The summed E-state index contributed by atoms with van der Waals surface area (Å²) in [6.07, 6.45) is 2.20. The van der Waals surface area contributed by atoms with E-state index in [-0.39, 0.29) is 5.82 Å². The van der Waals surface area contributed by atoms with Gasteiger partial charge in [-0.05, 0) is 18.2 Å². The minimum atomic E-state index is -3.62. The van der Waals surface area contributed by atoms with Gasteiger partial charge in [-0.3, -0.25) is 4.72 Å². The normalized spacial score (nSPS) is 11.9. The smallest absolute Gasteiger partial charge is 0.328 e. The lowest BCUT2D eigenvalue weighted by molar-refractivity contribution is -0.131. The van der Waals surface area contributed by atoms with Crippen molar-refractivity contribution in [2.24, 2.45) is 0 Å². The van der Waals surface area contributed by atoms with Crippen LogP contribution in [0.5, 0.6) is 0 Å². The van der Waals surface area contributed by atoms with Crippen LogP contribution in [0, 0.1) is 0 Å². The van der Waals surface area contributed by atoms with Crippen LogP contribution >= 0.6 is 0 Å². The van der Waals surface area contributed by atoms with Gasteiger partial charge in [-0.2, -0.15) is 12.7 Å². The molecule has 1 aromatic heterocycles. The molecule has 0 aromatic carbocycles. The number of anilines is 1. The summed E-state index contributed by atoms with van der Waals surface area (Å²) in [5.74, 6) is -0.979. The summed E-state index contributed by atoms with van der Waals surface area (Å²) in [4.78, 5) is 14.3. The van der Waals surface area contributed by atoms with Crippen LogP contribution in [0.1, 0.15) is 5.69 Å². The highest BCUT2D eigenvalue weighted by molar-refractivity contribution is 7.90. The Morgan fingerprint density at radius 3 is 2.67 bits per heavy atom. The van der Waals surface area contributed by atoms with Crippen LogP contribution in [0.25, 0.3) is 6.08 Å². The van der Waals surface area contributed by atoms with Crippen LogP contribution in [0.3, 0.4) is 0 Å². The second-order valence-electron chi connectivity index (χ2n) is 3.51. The number of carboxylic acids is 1. The lowest BCUT2D eigenvalue weighted by atomic mass is 10.3. The van der Waals surface area contributed by atoms with Crippen molar-refractivity contribution in [2.45, 2.75) is 0 Å². The molecule has 1 rings (SSSR count). The highest BCUT2D eigenvalue weighted by atomic mass is 32.2. The van der Waals surface area contributed by atoms with Crippen molar-refractivity contribution in [3.63, 3.8) is 0 Å². The van der Waals surface area contributed by atoms with Gasteiger partial charge in [0.15, 0.2) is 0 Å². The maximum atomic E-state index is 11.5. The van der Waals surface area contributed by atoms with Crippen molar-refractivity contribution >= 4 is 28.1 Å². The maximum absolute atomic E-state index is 11.5. The Morgan fingerprint density at radius 1 is 1.44 bits per heavy atom. The van der Waals surface area contributed by atoms with Crippen LogP contribution in [0.2, 0.25) is 0 Å². The molecule has 98 valence electrons. The molecule has 0 fully saturated rings. The van der Waals surface area contributed by atoms with Gasteiger partial charge in [-0.1, -0.05) is 6.07 Å². The molecular weight excluding hydrogens is 258 g/mol. The van der Waals surface area contributed by atoms with E-state index < -0.39 is 16.2 Å². The molecule has 1 heterocycles. The van der Waals surface area contributed by atoms with Gasteiger partial charge in [0.05, 0.1) is 5.69 Å². The van der Waals surface area contributed by atoms with Gasteiger partial charge in [0, 0.05) is 20.2 Å². The van der Waals surface area contributed by atoms with E-state index >= 15 is 0 Å². The zero-order valence-electron chi connectivity index (χ0n) is 9.86. The van der Waals surface area contributed by atoms with E-state index in [1.807, 2.05) is 0 Å². The molecule has 7 nitrogen and oxygen atoms in total. The van der Waals surface area contributed by atoms with E-state index in [0.29, 0.717) is 5.69 Å². The molecule has 0 amide bonds. The molecule has 0 aliphatic heterocycles. The number of aliphatic carboxylic acids is 1. The van der Waals surface area contributed by atoms with E-state index in [1.165, 1.54) is 26.2 Å². The first-order valence-corrected chi connectivity index (χ1v) is 6.33. The summed E-state index contributed by atoms with van der Waals surface area (Å²) in [5.41, 5.74) is 0.344. The number of hydrogen-bond donors (Lipinski definition) is 2. The van der Waals surface area contributed by atoms with Gasteiger partial charge in [0.25, 0.3) is 0 Å². The van der Waals surface area contributed by atoms with E-state index in [0.717, 1.165) is 10.4 Å². The lowest BCUT2D eigenvalue weighted by Gasteiger charge is -2.12. The number of hydrogen-bond acceptors (Lipinski definition) is 4. The second-order valence-corrected chi connectivity index (χ2v) is 5.39. The molecule has 0 radical (unpaired) electrons. The Kier molecular flexibility index (Phi) is 4.40. The Balaban J connectivity index is 2.93. The van der Waals surface area contributed by atoms with Crippen molar-refractivity contribution < 1.29 is 18.3 Å². The SMILES string of the molecule is CN(C)S(=O)(=O)Nc1cccc(/C=C/C(=O)O)n1. The summed E-state index contributed by atoms with van der Waals surface area (Å²) in [7, 11) is -0.848. The number of nitrogens with zero attached hydrogens (tertiary/aromatic N) is 2. The van der Waals surface area contributed by atoms with Gasteiger partial charge >= 0.3 is 16.2 Å². The first-order chi connectivity index (χ1) is 8.31. The number of rotatable bonds is 5. The van der Waals surface area contributed by atoms with Crippen LogP contribution in [0.4, 0.5) is 5.82 Å². The van der Waals surface area contributed by atoms with Crippen LogP contribution in [0.15, 0.2) is 24.3 Å². The van der Waals surface area contributed by atoms with Crippen molar-refractivity contribution in [1.29, 1.82) is 0 Å². The quantitative estimate of drug-likeness (QED) is 0.755. The number of pyridine rings is 1. The first kappa shape index (κ1) is 14.1. The number of aromatic nitrogens is 1. The molecule has 0 saturated heterocycles. The van der Waals surface area contributed by atoms with Gasteiger partial charge in [-0.25, -0.2) is 9.78 Å². The molecule has 8 heteroatoms. The molecule has 0 unspecified atom stereocenters. The van der Waals surface area contributed by atoms with Gasteiger partial charge in [0.2, 0.25) is 0 Å². The minimum Gasteiger partial charge on any atom is -0.478 e. The zero-order valence-corrected chi connectivity index (χ0v) is 10.7. The topological polar surface area (TPSA) is 99.6 Å². The third-order valence-electron chi connectivity index (χ3n) is 1.88. The Labute approximate surface area is 105 Å².